The van der Waals surface area contributed by atoms with E-state index in [4.69, 9.17) is 11.6 Å². The van der Waals surface area contributed by atoms with Crippen LogP contribution in [0, 0.1) is 5.82 Å². The van der Waals surface area contributed by atoms with Crippen LogP contribution in [0.2, 0.25) is 5.02 Å². The van der Waals surface area contributed by atoms with Gasteiger partial charge in [-0.2, -0.15) is 0 Å². The molecule has 0 aromatic heterocycles. The zero-order valence-corrected chi connectivity index (χ0v) is 10.0. The van der Waals surface area contributed by atoms with E-state index in [0.29, 0.717) is 6.04 Å². The van der Waals surface area contributed by atoms with Crippen LogP contribution >= 0.6 is 23.4 Å². The monoisotopic (exact) mass is 245 g/mol. The highest BCUT2D eigenvalue weighted by atomic mass is 35.5. The van der Waals surface area contributed by atoms with Gasteiger partial charge in [0.2, 0.25) is 0 Å². The van der Waals surface area contributed by atoms with Crippen LogP contribution in [0.4, 0.5) is 4.39 Å². The summed E-state index contributed by atoms with van der Waals surface area (Å²) in [5, 5.41) is 3.82. The number of thioether (sulfide) groups is 1. The standard InChI is InChI=1S/C11H13ClFNS/c1-7-4-5-15-11(14-7)8-2-3-9(12)10(13)6-8/h2-3,6-7,11,14H,4-5H2,1H3. The summed E-state index contributed by atoms with van der Waals surface area (Å²) in [6.45, 7) is 2.15. The number of hydrogen-bond donors (Lipinski definition) is 1. The Morgan fingerprint density at radius 2 is 2.33 bits per heavy atom. The second kappa shape index (κ2) is 4.73. The summed E-state index contributed by atoms with van der Waals surface area (Å²) in [5.41, 5.74) is 0.966. The van der Waals surface area contributed by atoms with Crippen LogP contribution in [0.1, 0.15) is 24.3 Å². The first-order chi connectivity index (χ1) is 7.16. The topological polar surface area (TPSA) is 12.0 Å². The first-order valence-corrected chi connectivity index (χ1v) is 6.42. The van der Waals surface area contributed by atoms with Crippen molar-refractivity contribution in [3.8, 4) is 0 Å². The Morgan fingerprint density at radius 3 is 3.00 bits per heavy atom. The zero-order chi connectivity index (χ0) is 10.8. The number of hydrogen-bond acceptors (Lipinski definition) is 2. The van der Waals surface area contributed by atoms with Crippen LogP contribution in [0.25, 0.3) is 0 Å². The molecule has 0 aliphatic carbocycles. The van der Waals surface area contributed by atoms with Gasteiger partial charge in [0.1, 0.15) is 5.82 Å². The SMILES string of the molecule is CC1CCSC(c2ccc(Cl)c(F)c2)N1. The molecule has 4 heteroatoms. The molecule has 2 unspecified atom stereocenters. The third-order valence-corrected chi connectivity index (χ3v) is 4.04. The molecule has 1 aromatic rings. The second-order valence-corrected chi connectivity index (χ2v) is 5.40. The molecule has 15 heavy (non-hydrogen) atoms. The van der Waals surface area contributed by atoms with Gasteiger partial charge in [0.25, 0.3) is 0 Å². The molecule has 2 atom stereocenters. The lowest BCUT2D eigenvalue weighted by atomic mass is 10.2. The summed E-state index contributed by atoms with van der Waals surface area (Å²) >= 11 is 7.46. The van der Waals surface area contributed by atoms with Gasteiger partial charge >= 0.3 is 0 Å². The zero-order valence-electron chi connectivity index (χ0n) is 8.47. The van der Waals surface area contributed by atoms with Gasteiger partial charge in [-0.1, -0.05) is 17.7 Å². The van der Waals surface area contributed by atoms with Crippen molar-refractivity contribution in [1.82, 2.24) is 5.32 Å². The molecule has 1 aliphatic heterocycles. The molecule has 1 nitrogen and oxygen atoms in total. The third-order valence-electron chi connectivity index (χ3n) is 2.52. The van der Waals surface area contributed by atoms with Crippen molar-refractivity contribution in [1.29, 1.82) is 0 Å². The van der Waals surface area contributed by atoms with Crippen LogP contribution in [-0.2, 0) is 0 Å². The molecule has 0 spiro atoms. The smallest absolute Gasteiger partial charge is 0.142 e. The molecular weight excluding hydrogens is 233 g/mol. The van der Waals surface area contributed by atoms with Gasteiger partial charge in [0.15, 0.2) is 0 Å². The summed E-state index contributed by atoms with van der Waals surface area (Å²) in [5.74, 6) is 0.776. The van der Waals surface area contributed by atoms with E-state index in [9.17, 15) is 4.39 Å². The lowest BCUT2D eigenvalue weighted by Crippen LogP contribution is -2.33. The van der Waals surface area contributed by atoms with Crippen molar-refractivity contribution in [2.45, 2.75) is 24.8 Å². The Kier molecular flexibility index (Phi) is 3.54. The first-order valence-electron chi connectivity index (χ1n) is 4.99. The van der Waals surface area contributed by atoms with Gasteiger partial charge in [-0.3, -0.25) is 5.32 Å². The van der Waals surface area contributed by atoms with Crippen molar-refractivity contribution in [2.75, 3.05) is 5.75 Å². The predicted octanol–water partition coefficient (Wildman–Crippen LogP) is 3.59. The van der Waals surface area contributed by atoms with Crippen molar-refractivity contribution < 1.29 is 4.39 Å². The Hall–Kier alpha value is -0.250. The molecule has 1 N–H and O–H groups in total. The average Bonchev–Trinajstić information content (AvgIpc) is 2.22. The highest BCUT2D eigenvalue weighted by molar-refractivity contribution is 7.99. The normalized spacial score (nSPS) is 26.6. The van der Waals surface area contributed by atoms with Crippen molar-refractivity contribution in [3.05, 3.63) is 34.6 Å². The molecule has 1 aliphatic rings. The van der Waals surface area contributed by atoms with E-state index in [1.807, 2.05) is 17.8 Å². The van der Waals surface area contributed by atoms with E-state index in [2.05, 4.69) is 12.2 Å². The summed E-state index contributed by atoms with van der Waals surface area (Å²) in [6, 6.07) is 5.52. The Balaban J connectivity index is 2.18. The third kappa shape index (κ3) is 2.65. The van der Waals surface area contributed by atoms with Gasteiger partial charge in [0, 0.05) is 6.04 Å². The molecule has 0 bridgehead atoms. The van der Waals surface area contributed by atoms with Gasteiger partial charge in [-0.25, -0.2) is 4.39 Å². The molecule has 1 fully saturated rings. The van der Waals surface area contributed by atoms with E-state index in [1.54, 1.807) is 6.07 Å². The quantitative estimate of drug-likeness (QED) is 0.812. The Bertz CT molecular complexity index is 358. The number of halogens is 2. The van der Waals surface area contributed by atoms with Crippen LogP contribution in [-0.4, -0.2) is 11.8 Å². The van der Waals surface area contributed by atoms with Gasteiger partial charge in [0.05, 0.1) is 10.4 Å². The van der Waals surface area contributed by atoms with Gasteiger partial charge < -0.3 is 0 Å². The molecule has 1 saturated heterocycles. The second-order valence-electron chi connectivity index (χ2n) is 3.78. The molecule has 0 amide bonds. The van der Waals surface area contributed by atoms with Gasteiger partial charge in [-0.15, -0.1) is 11.8 Å². The molecule has 0 radical (unpaired) electrons. The summed E-state index contributed by atoms with van der Waals surface area (Å²) in [4.78, 5) is 0. The first kappa shape index (κ1) is 11.2. The van der Waals surface area contributed by atoms with Crippen LogP contribution in [0.5, 0.6) is 0 Å². The maximum Gasteiger partial charge on any atom is 0.142 e. The van der Waals surface area contributed by atoms with E-state index in [0.717, 1.165) is 17.7 Å². The van der Waals surface area contributed by atoms with Crippen LogP contribution in [0.3, 0.4) is 0 Å². The highest BCUT2D eigenvalue weighted by Crippen LogP contribution is 2.32. The minimum atomic E-state index is -0.338. The molecule has 1 aromatic carbocycles. The Morgan fingerprint density at radius 1 is 1.53 bits per heavy atom. The maximum atomic E-state index is 13.3. The number of rotatable bonds is 1. The van der Waals surface area contributed by atoms with Crippen molar-refractivity contribution >= 4 is 23.4 Å². The molecule has 0 saturated carbocycles. The lowest BCUT2D eigenvalue weighted by molar-refractivity contribution is 0.510. The Labute approximate surface area is 98.4 Å². The predicted molar refractivity (Wildman–Crippen MR) is 63.8 cm³/mol. The average molecular weight is 246 g/mol. The molecule has 1 heterocycles. The molecular formula is C11H13ClFNS. The van der Waals surface area contributed by atoms with Crippen molar-refractivity contribution in [2.24, 2.45) is 0 Å². The fourth-order valence-electron chi connectivity index (χ4n) is 1.62. The molecule has 82 valence electrons. The van der Waals surface area contributed by atoms with E-state index in [-0.39, 0.29) is 16.2 Å². The minimum absolute atomic E-state index is 0.188. The van der Waals surface area contributed by atoms with E-state index >= 15 is 0 Å². The molecule has 2 rings (SSSR count). The van der Waals surface area contributed by atoms with Crippen molar-refractivity contribution in [3.63, 3.8) is 0 Å². The van der Waals surface area contributed by atoms with Crippen LogP contribution < -0.4 is 5.32 Å². The lowest BCUT2D eigenvalue weighted by Gasteiger charge is -2.28. The number of benzene rings is 1. The van der Waals surface area contributed by atoms with E-state index in [1.165, 1.54) is 6.07 Å². The minimum Gasteiger partial charge on any atom is -0.299 e. The van der Waals surface area contributed by atoms with E-state index < -0.39 is 0 Å². The fourth-order valence-corrected chi connectivity index (χ4v) is 3.13. The summed E-state index contributed by atoms with van der Waals surface area (Å²) < 4.78 is 13.3. The maximum absolute atomic E-state index is 13.3. The fraction of sp³-hybridized carbons (Fsp3) is 0.455. The highest BCUT2D eigenvalue weighted by Gasteiger charge is 2.20. The van der Waals surface area contributed by atoms with Gasteiger partial charge in [-0.05, 0) is 36.8 Å². The number of nitrogens with one attached hydrogen (secondary N) is 1. The largest absolute Gasteiger partial charge is 0.299 e. The summed E-state index contributed by atoms with van der Waals surface area (Å²) in [7, 11) is 0. The summed E-state index contributed by atoms with van der Waals surface area (Å²) in [6.07, 6.45) is 1.16. The van der Waals surface area contributed by atoms with Crippen LogP contribution in [0.15, 0.2) is 18.2 Å².